The van der Waals surface area contributed by atoms with Crippen LogP contribution in [0, 0.1) is 0 Å². The van der Waals surface area contributed by atoms with Crippen molar-refractivity contribution in [1.29, 1.82) is 0 Å². The van der Waals surface area contributed by atoms with Crippen molar-refractivity contribution in [2.24, 2.45) is 0 Å². The Morgan fingerprint density at radius 3 is 2.21 bits per heavy atom. The number of amides is 1. The summed E-state index contributed by atoms with van der Waals surface area (Å²) >= 11 is 5.18. The topological polar surface area (TPSA) is 50.4 Å². The molecule has 3 rings (SSSR count). The molecule has 5 heteroatoms. The van der Waals surface area contributed by atoms with Crippen LogP contribution in [0.2, 0.25) is 0 Å². The van der Waals surface area contributed by atoms with Crippen LogP contribution in [-0.4, -0.2) is 11.0 Å². The first-order chi connectivity index (χ1) is 13.7. The number of hydrogen-bond acceptors (Lipinski definition) is 3. The maximum Gasteiger partial charge on any atom is 0.250 e. The molecule has 0 aliphatic carbocycles. The van der Waals surface area contributed by atoms with Gasteiger partial charge in [0.15, 0.2) is 5.11 Å². The summed E-state index contributed by atoms with van der Waals surface area (Å²) < 4.78 is 5.75. The first-order valence-electron chi connectivity index (χ1n) is 8.81. The molecule has 0 aromatic heterocycles. The van der Waals surface area contributed by atoms with E-state index in [1.54, 1.807) is 6.08 Å². The number of anilines is 1. The molecule has 4 nitrogen and oxygen atoms in total. The summed E-state index contributed by atoms with van der Waals surface area (Å²) in [5.41, 5.74) is 2.82. The van der Waals surface area contributed by atoms with Crippen LogP contribution in [0.3, 0.4) is 0 Å². The molecule has 0 atom stereocenters. The number of nitrogens with one attached hydrogen (secondary N) is 2. The van der Waals surface area contributed by atoms with Crippen LogP contribution in [0.1, 0.15) is 11.1 Å². The zero-order chi connectivity index (χ0) is 19.6. The number of carbonyl (C=O) groups is 1. The van der Waals surface area contributed by atoms with Gasteiger partial charge in [-0.3, -0.25) is 10.1 Å². The Labute approximate surface area is 169 Å². The van der Waals surface area contributed by atoms with Gasteiger partial charge >= 0.3 is 0 Å². The van der Waals surface area contributed by atoms with E-state index in [9.17, 15) is 4.79 Å². The molecule has 0 bridgehead atoms. The van der Waals surface area contributed by atoms with Crippen molar-refractivity contribution in [3.63, 3.8) is 0 Å². The molecule has 0 saturated carbocycles. The molecule has 3 aromatic rings. The Hall–Kier alpha value is -3.44. The summed E-state index contributed by atoms with van der Waals surface area (Å²) in [6, 6.07) is 27.0. The molecule has 0 spiro atoms. The van der Waals surface area contributed by atoms with E-state index in [-0.39, 0.29) is 11.0 Å². The number of hydrogen-bond donors (Lipinski definition) is 2. The zero-order valence-electron chi connectivity index (χ0n) is 15.2. The van der Waals surface area contributed by atoms with Crippen molar-refractivity contribution in [1.82, 2.24) is 5.32 Å². The van der Waals surface area contributed by atoms with Gasteiger partial charge in [0.1, 0.15) is 12.4 Å². The van der Waals surface area contributed by atoms with Crippen LogP contribution >= 0.6 is 12.2 Å². The molecule has 0 aliphatic rings. The lowest BCUT2D eigenvalue weighted by atomic mass is 10.2. The number of carbonyl (C=O) groups excluding carboxylic acids is 1. The third-order valence-corrected chi connectivity index (χ3v) is 4.03. The van der Waals surface area contributed by atoms with Gasteiger partial charge in [-0.05, 0) is 53.7 Å². The predicted octanol–water partition coefficient (Wildman–Crippen LogP) is 4.79. The standard InChI is InChI=1S/C23H20N2O2S/c26-22(16-11-18-7-3-1-4-8-18)25-23(28)24-20-12-14-21(15-13-20)27-17-19-9-5-2-6-10-19/h1-16H,17H2,(H2,24,25,26,28)/b16-11+. The van der Waals surface area contributed by atoms with Crippen molar-refractivity contribution >= 4 is 35.0 Å². The number of rotatable bonds is 6. The van der Waals surface area contributed by atoms with E-state index in [2.05, 4.69) is 10.6 Å². The van der Waals surface area contributed by atoms with E-state index in [1.807, 2.05) is 84.9 Å². The van der Waals surface area contributed by atoms with Crippen molar-refractivity contribution in [2.45, 2.75) is 6.61 Å². The normalized spacial score (nSPS) is 10.4. The molecule has 140 valence electrons. The van der Waals surface area contributed by atoms with E-state index in [0.717, 1.165) is 22.6 Å². The van der Waals surface area contributed by atoms with Gasteiger partial charge in [0.25, 0.3) is 0 Å². The highest BCUT2D eigenvalue weighted by molar-refractivity contribution is 7.80. The summed E-state index contributed by atoms with van der Waals surface area (Å²) in [4.78, 5) is 11.9. The lowest BCUT2D eigenvalue weighted by molar-refractivity contribution is -0.115. The van der Waals surface area contributed by atoms with Gasteiger partial charge in [0.05, 0.1) is 0 Å². The second-order valence-electron chi connectivity index (χ2n) is 5.99. The fraction of sp³-hybridized carbons (Fsp3) is 0.0435. The van der Waals surface area contributed by atoms with E-state index >= 15 is 0 Å². The maximum atomic E-state index is 11.9. The summed E-state index contributed by atoms with van der Waals surface area (Å²) in [5.74, 6) is 0.472. The molecule has 0 aliphatic heterocycles. The second-order valence-corrected chi connectivity index (χ2v) is 6.39. The van der Waals surface area contributed by atoms with Gasteiger partial charge in [-0.2, -0.15) is 0 Å². The lowest BCUT2D eigenvalue weighted by Crippen LogP contribution is -2.32. The van der Waals surface area contributed by atoms with Crippen molar-refractivity contribution < 1.29 is 9.53 Å². The monoisotopic (exact) mass is 388 g/mol. The summed E-state index contributed by atoms with van der Waals surface area (Å²) in [6.07, 6.45) is 3.18. The first-order valence-corrected chi connectivity index (χ1v) is 9.22. The van der Waals surface area contributed by atoms with Crippen molar-refractivity contribution in [3.8, 4) is 5.75 Å². The molecule has 2 N–H and O–H groups in total. The Morgan fingerprint density at radius 1 is 0.893 bits per heavy atom. The number of benzene rings is 3. The largest absolute Gasteiger partial charge is 0.489 e. The fourth-order valence-corrected chi connectivity index (χ4v) is 2.65. The van der Waals surface area contributed by atoms with E-state index in [1.165, 1.54) is 6.08 Å². The van der Waals surface area contributed by atoms with Gasteiger partial charge in [0, 0.05) is 11.8 Å². The van der Waals surface area contributed by atoms with E-state index < -0.39 is 0 Å². The van der Waals surface area contributed by atoms with Gasteiger partial charge in [0.2, 0.25) is 5.91 Å². The first kappa shape index (κ1) is 19.3. The maximum absolute atomic E-state index is 11.9. The molecular weight excluding hydrogens is 368 g/mol. The smallest absolute Gasteiger partial charge is 0.250 e. The third kappa shape index (κ3) is 6.37. The highest BCUT2D eigenvalue weighted by atomic mass is 32.1. The van der Waals surface area contributed by atoms with Crippen molar-refractivity contribution in [3.05, 3.63) is 102 Å². The van der Waals surface area contributed by atoms with Crippen molar-refractivity contribution in [2.75, 3.05) is 5.32 Å². The molecule has 28 heavy (non-hydrogen) atoms. The fourth-order valence-electron chi connectivity index (χ4n) is 2.43. The molecule has 3 aromatic carbocycles. The van der Waals surface area contributed by atoms with Crippen LogP contribution in [-0.2, 0) is 11.4 Å². The van der Waals surface area contributed by atoms with Gasteiger partial charge in [-0.15, -0.1) is 0 Å². The predicted molar refractivity (Wildman–Crippen MR) is 117 cm³/mol. The zero-order valence-corrected chi connectivity index (χ0v) is 16.0. The number of thiocarbonyl (C=S) groups is 1. The minimum atomic E-state index is -0.288. The average Bonchev–Trinajstić information content (AvgIpc) is 2.73. The molecule has 0 unspecified atom stereocenters. The van der Waals surface area contributed by atoms with Crippen LogP contribution in [0.15, 0.2) is 91.0 Å². The molecule has 0 radical (unpaired) electrons. The van der Waals surface area contributed by atoms with Gasteiger partial charge in [-0.1, -0.05) is 60.7 Å². The SMILES string of the molecule is O=C(/C=C/c1ccccc1)NC(=S)Nc1ccc(OCc2ccccc2)cc1. The Morgan fingerprint density at radius 2 is 1.54 bits per heavy atom. The molecular formula is C23H20N2O2S. The molecule has 0 saturated heterocycles. The average molecular weight is 388 g/mol. The van der Waals surface area contributed by atoms with Gasteiger partial charge < -0.3 is 10.1 Å². The van der Waals surface area contributed by atoms with Crippen LogP contribution in [0.25, 0.3) is 6.08 Å². The minimum Gasteiger partial charge on any atom is -0.489 e. The summed E-state index contributed by atoms with van der Waals surface area (Å²) in [6.45, 7) is 0.510. The lowest BCUT2D eigenvalue weighted by Gasteiger charge is -2.10. The Kier molecular flexibility index (Phi) is 6.93. The summed E-state index contributed by atoms with van der Waals surface area (Å²) in [7, 11) is 0. The van der Waals surface area contributed by atoms with E-state index in [4.69, 9.17) is 17.0 Å². The van der Waals surface area contributed by atoms with E-state index in [0.29, 0.717) is 6.61 Å². The highest BCUT2D eigenvalue weighted by Crippen LogP contribution is 2.17. The van der Waals surface area contributed by atoms with Crippen LogP contribution in [0.4, 0.5) is 5.69 Å². The Balaban J connectivity index is 1.46. The quantitative estimate of drug-likeness (QED) is 0.471. The van der Waals surface area contributed by atoms with Crippen LogP contribution < -0.4 is 15.4 Å². The molecule has 0 fully saturated rings. The summed E-state index contributed by atoms with van der Waals surface area (Å²) in [5, 5.41) is 5.84. The Bertz CT molecular complexity index is 939. The highest BCUT2D eigenvalue weighted by Gasteiger charge is 2.02. The minimum absolute atomic E-state index is 0.237. The molecule has 1 amide bonds. The van der Waals surface area contributed by atoms with Crippen LogP contribution in [0.5, 0.6) is 5.75 Å². The second kappa shape index (κ2) is 10.0. The third-order valence-electron chi connectivity index (χ3n) is 3.82. The number of ether oxygens (including phenoxy) is 1. The van der Waals surface area contributed by atoms with Gasteiger partial charge in [-0.25, -0.2) is 0 Å². The molecule has 0 heterocycles.